The molecule has 0 fully saturated rings. The van der Waals surface area contributed by atoms with E-state index in [1.165, 1.54) is 0 Å². The van der Waals surface area contributed by atoms with Crippen molar-refractivity contribution in [3.8, 4) is 0 Å². The van der Waals surface area contributed by atoms with E-state index in [0.29, 0.717) is 17.0 Å². The maximum atomic E-state index is 11.3. The molecule has 2 heteroatoms. The fourth-order valence-corrected chi connectivity index (χ4v) is 1.20. The Morgan fingerprint density at radius 2 is 2.23 bits per heavy atom. The molecule has 0 radical (unpaired) electrons. The number of carbonyl (C=O) groups excluding carboxylic acids is 1. The molecule has 1 aromatic carbocycles. The zero-order chi connectivity index (χ0) is 9.84. The number of allylic oxidation sites excluding steroid dienone is 1. The van der Waals surface area contributed by atoms with Crippen LogP contribution in [-0.2, 0) is 11.2 Å². The zero-order valence-corrected chi connectivity index (χ0v) is 8.27. The first-order valence-corrected chi connectivity index (χ1v) is 4.40. The minimum atomic E-state index is 0.0577. The van der Waals surface area contributed by atoms with Crippen LogP contribution in [0.2, 0.25) is 5.02 Å². The van der Waals surface area contributed by atoms with Crippen LogP contribution >= 0.6 is 11.6 Å². The molecule has 0 N–H and O–H groups in total. The van der Waals surface area contributed by atoms with E-state index in [0.717, 1.165) is 5.56 Å². The summed E-state index contributed by atoms with van der Waals surface area (Å²) in [6.07, 6.45) is 0.385. The zero-order valence-electron chi connectivity index (χ0n) is 7.51. The predicted octanol–water partition coefficient (Wildman–Crippen LogP) is 3.03. The first-order chi connectivity index (χ1) is 6.09. The highest BCUT2D eigenvalue weighted by Gasteiger charge is 2.03. The number of benzene rings is 1. The van der Waals surface area contributed by atoms with Gasteiger partial charge in [-0.3, -0.25) is 4.79 Å². The van der Waals surface area contributed by atoms with E-state index in [1.807, 2.05) is 12.1 Å². The molecule has 0 saturated heterocycles. The van der Waals surface area contributed by atoms with Gasteiger partial charge in [0.2, 0.25) is 0 Å². The number of ketones is 1. The highest BCUT2D eigenvalue weighted by atomic mass is 35.5. The highest BCUT2D eigenvalue weighted by molar-refractivity contribution is 6.30. The van der Waals surface area contributed by atoms with Gasteiger partial charge in [-0.05, 0) is 30.2 Å². The Bertz CT molecular complexity index is 342. The van der Waals surface area contributed by atoms with Crippen molar-refractivity contribution in [3.05, 3.63) is 47.0 Å². The van der Waals surface area contributed by atoms with Crippen molar-refractivity contribution >= 4 is 17.4 Å². The fraction of sp³-hybridized carbons (Fsp3) is 0.182. The van der Waals surface area contributed by atoms with Crippen LogP contribution in [0.5, 0.6) is 0 Å². The van der Waals surface area contributed by atoms with Gasteiger partial charge in [0.1, 0.15) is 0 Å². The molecule has 0 aromatic heterocycles. The monoisotopic (exact) mass is 194 g/mol. The van der Waals surface area contributed by atoms with Crippen molar-refractivity contribution in [2.24, 2.45) is 0 Å². The van der Waals surface area contributed by atoms with Crippen molar-refractivity contribution in [3.63, 3.8) is 0 Å². The molecule has 1 aromatic rings. The van der Waals surface area contributed by atoms with E-state index < -0.39 is 0 Å². The molecule has 1 rings (SSSR count). The number of hydrogen-bond donors (Lipinski definition) is 0. The molecule has 0 bridgehead atoms. The molecule has 0 aliphatic rings. The average Bonchev–Trinajstić information content (AvgIpc) is 2.04. The van der Waals surface area contributed by atoms with Crippen LogP contribution in [0.3, 0.4) is 0 Å². The summed E-state index contributed by atoms with van der Waals surface area (Å²) in [7, 11) is 0. The van der Waals surface area contributed by atoms with Crippen LogP contribution in [0.4, 0.5) is 0 Å². The van der Waals surface area contributed by atoms with Crippen LogP contribution < -0.4 is 0 Å². The van der Waals surface area contributed by atoms with Crippen molar-refractivity contribution in [2.45, 2.75) is 13.3 Å². The van der Waals surface area contributed by atoms with E-state index >= 15 is 0 Å². The number of Topliss-reactive ketones (excluding diaryl/α,β-unsaturated/α-hetero) is 1. The lowest BCUT2D eigenvalue weighted by molar-refractivity contribution is -0.114. The molecular weight excluding hydrogens is 184 g/mol. The van der Waals surface area contributed by atoms with Crippen molar-refractivity contribution in [1.82, 2.24) is 0 Å². The third-order valence-electron chi connectivity index (χ3n) is 1.73. The summed E-state index contributed by atoms with van der Waals surface area (Å²) < 4.78 is 0. The minimum Gasteiger partial charge on any atom is -0.294 e. The van der Waals surface area contributed by atoms with Crippen LogP contribution in [0.1, 0.15) is 12.5 Å². The summed E-state index contributed by atoms with van der Waals surface area (Å²) in [5.74, 6) is 0.0577. The summed E-state index contributed by atoms with van der Waals surface area (Å²) in [5.41, 5.74) is 1.51. The van der Waals surface area contributed by atoms with E-state index in [2.05, 4.69) is 6.58 Å². The normalized spacial score (nSPS) is 9.69. The Morgan fingerprint density at radius 3 is 2.77 bits per heavy atom. The first kappa shape index (κ1) is 10.0. The largest absolute Gasteiger partial charge is 0.294 e. The van der Waals surface area contributed by atoms with Gasteiger partial charge >= 0.3 is 0 Å². The molecule has 68 valence electrons. The van der Waals surface area contributed by atoms with E-state index in [9.17, 15) is 4.79 Å². The van der Waals surface area contributed by atoms with E-state index in [1.54, 1.807) is 19.1 Å². The molecular formula is C11H11ClO. The lowest BCUT2D eigenvalue weighted by Crippen LogP contribution is -2.02. The van der Waals surface area contributed by atoms with Gasteiger partial charge in [0.15, 0.2) is 5.78 Å². The average molecular weight is 195 g/mol. The first-order valence-electron chi connectivity index (χ1n) is 4.03. The van der Waals surface area contributed by atoms with Gasteiger partial charge in [-0.2, -0.15) is 0 Å². The van der Waals surface area contributed by atoms with Gasteiger partial charge in [0.25, 0.3) is 0 Å². The lowest BCUT2D eigenvalue weighted by Gasteiger charge is -2.00. The lowest BCUT2D eigenvalue weighted by atomic mass is 10.1. The van der Waals surface area contributed by atoms with E-state index in [-0.39, 0.29) is 5.78 Å². The summed E-state index contributed by atoms with van der Waals surface area (Å²) in [4.78, 5) is 11.3. The molecule has 0 atom stereocenters. The predicted molar refractivity (Wildman–Crippen MR) is 55.0 cm³/mol. The maximum absolute atomic E-state index is 11.3. The number of hydrogen-bond acceptors (Lipinski definition) is 1. The van der Waals surface area contributed by atoms with Crippen LogP contribution in [-0.4, -0.2) is 5.78 Å². The quantitative estimate of drug-likeness (QED) is 0.676. The summed E-state index contributed by atoms with van der Waals surface area (Å²) in [5, 5.41) is 0.659. The molecule has 0 aliphatic carbocycles. The fourth-order valence-electron chi connectivity index (χ4n) is 0.983. The molecule has 0 heterocycles. The third kappa shape index (κ3) is 3.03. The Hall–Kier alpha value is -1.08. The SMILES string of the molecule is C=C(C)C(=O)Cc1cccc(Cl)c1. The standard InChI is InChI=1S/C11H11ClO/c1-8(2)11(13)7-9-4-3-5-10(12)6-9/h3-6H,1,7H2,2H3. The number of carbonyl (C=O) groups is 1. The second-order valence-corrected chi connectivity index (χ2v) is 3.45. The minimum absolute atomic E-state index is 0.0577. The van der Waals surface area contributed by atoms with Gasteiger partial charge in [-0.15, -0.1) is 0 Å². The summed E-state index contributed by atoms with van der Waals surface area (Å²) in [6, 6.07) is 7.30. The summed E-state index contributed by atoms with van der Waals surface area (Å²) >= 11 is 5.77. The third-order valence-corrected chi connectivity index (χ3v) is 1.96. The van der Waals surface area contributed by atoms with Crippen molar-refractivity contribution in [1.29, 1.82) is 0 Å². The van der Waals surface area contributed by atoms with Gasteiger partial charge in [0, 0.05) is 11.4 Å². The topological polar surface area (TPSA) is 17.1 Å². The van der Waals surface area contributed by atoms with Gasteiger partial charge in [-0.25, -0.2) is 0 Å². The van der Waals surface area contributed by atoms with Crippen molar-refractivity contribution < 1.29 is 4.79 Å². The van der Waals surface area contributed by atoms with Gasteiger partial charge in [0.05, 0.1) is 0 Å². The van der Waals surface area contributed by atoms with Gasteiger partial charge in [-0.1, -0.05) is 30.3 Å². The van der Waals surface area contributed by atoms with Crippen LogP contribution in [0.15, 0.2) is 36.4 Å². The molecule has 0 saturated carbocycles. The second-order valence-electron chi connectivity index (χ2n) is 3.01. The maximum Gasteiger partial charge on any atom is 0.162 e. The van der Waals surface area contributed by atoms with Crippen molar-refractivity contribution in [2.75, 3.05) is 0 Å². The number of halogens is 1. The Labute approximate surface area is 83.0 Å². The molecule has 0 amide bonds. The van der Waals surface area contributed by atoms with E-state index in [4.69, 9.17) is 11.6 Å². The number of rotatable bonds is 3. The second kappa shape index (κ2) is 4.24. The van der Waals surface area contributed by atoms with Gasteiger partial charge < -0.3 is 0 Å². The molecule has 0 aliphatic heterocycles. The molecule has 13 heavy (non-hydrogen) atoms. The van der Waals surface area contributed by atoms with Crippen LogP contribution in [0, 0.1) is 0 Å². The smallest absolute Gasteiger partial charge is 0.162 e. The summed E-state index contributed by atoms with van der Waals surface area (Å²) in [6.45, 7) is 5.31. The Kier molecular flexibility index (Phi) is 3.26. The molecule has 0 unspecified atom stereocenters. The van der Waals surface area contributed by atoms with Crippen LogP contribution in [0.25, 0.3) is 0 Å². The highest BCUT2D eigenvalue weighted by Crippen LogP contribution is 2.12. The Morgan fingerprint density at radius 1 is 1.54 bits per heavy atom. The molecule has 0 spiro atoms. The Balaban J connectivity index is 2.75. The molecule has 1 nitrogen and oxygen atoms in total.